The fourth-order valence-corrected chi connectivity index (χ4v) is 4.88. The van der Waals surface area contributed by atoms with Gasteiger partial charge in [-0.2, -0.15) is 0 Å². The molecule has 5 rings (SSSR count). The predicted molar refractivity (Wildman–Crippen MR) is 116 cm³/mol. The van der Waals surface area contributed by atoms with Gasteiger partial charge in [0.05, 0.1) is 24.3 Å². The van der Waals surface area contributed by atoms with Gasteiger partial charge in [-0.25, -0.2) is 9.97 Å². The zero-order valence-electron chi connectivity index (χ0n) is 18.0. The Morgan fingerprint density at radius 1 is 1.10 bits per heavy atom. The smallest absolute Gasteiger partial charge is 0.273 e. The van der Waals surface area contributed by atoms with Crippen LogP contribution in [0.3, 0.4) is 0 Å². The molecule has 0 aliphatic carbocycles. The molecule has 31 heavy (non-hydrogen) atoms. The highest BCUT2D eigenvalue weighted by Gasteiger charge is 2.43. The second kappa shape index (κ2) is 7.37. The molecule has 1 saturated heterocycles. The van der Waals surface area contributed by atoms with Crippen molar-refractivity contribution in [1.29, 1.82) is 0 Å². The maximum atomic E-state index is 13.4. The minimum absolute atomic E-state index is 0.00737. The quantitative estimate of drug-likeness (QED) is 0.654. The van der Waals surface area contributed by atoms with E-state index in [-0.39, 0.29) is 23.9 Å². The highest BCUT2D eigenvalue weighted by Crippen LogP contribution is 2.36. The lowest BCUT2D eigenvalue weighted by Gasteiger charge is -2.28. The van der Waals surface area contributed by atoms with Crippen LogP contribution in [0, 0.1) is 0 Å². The summed E-state index contributed by atoms with van der Waals surface area (Å²) in [5.74, 6) is 0.697. The number of rotatable bonds is 3. The van der Waals surface area contributed by atoms with Crippen LogP contribution in [0.1, 0.15) is 39.5 Å². The summed E-state index contributed by atoms with van der Waals surface area (Å²) in [4.78, 5) is 38.9. The monoisotopic (exact) mass is 418 g/mol. The molecule has 160 valence electrons. The Balaban J connectivity index is 1.60. The van der Waals surface area contributed by atoms with Crippen molar-refractivity contribution in [3.8, 4) is 11.4 Å². The first-order chi connectivity index (χ1) is 15.0. The normalized spacial score (nSPS) is 19.8. The number of carbonyl (C=O) groups is 2. The van der Waals surface area contributed by atoms with Gasteiger partial charge >= 0.3 is 0 Å². The first-order valence-electron chi connectivity index (χ1n) is 10.6. The third-order valence-corrected chi connectivity index (χ3v) is 6.43. The molecule has 2 aliphatic heterocycles. The molecular formula is C23H26N6O2. The number of fused-ring (bicyclic) bond motifs is 3. The number of benzene rings is 1. The number of nitrogens with zero attached hydrogens (tertiary/aromatic N) is 6. The lowest BCUT2D eigenvalue weighted by molar-refractivity contribution is 0.0656. The lowest BCUT2D eigenvalue weighted by atomic mass is 10.0. The standard InChI is InChI=1S/C23H26N6O2/c1-26(2)23(31)20-18-11-16-9-10-17(29(16)22(30)19-12-24-14-27(19)3)13-28(18)21(25-20)15-7-5-4-6-8-15/h4-8,12,14,16-17H,9-11,13H2,1-3H3/t16-,17+/m0/s1. The van der Waals surface area contributed by atoms with Crippen molar-refractivity contribution in [2.75, 3.05) is 14.1 Å². The third kappa shape index (κ3) is 3.13. The van der Waals surface area contributed by atoms with Crippen LogP contribution in [0.4, 0.5) is 0 Å². The Hall–Kier alpha value is -3.42. The molecule has 2 aliphatic rings. The van der Waals surface area contributed by atoms with Crippen LogP contribution in [0.5, 0.6) is 0 Å². The van der Waals surface area contributed by atoms with Crippen LogP contribution in [0.15, 0.2) is 42.9 Å². The van der Waals surface area contributed by atoms with Gasteiger partial charge in [0.2, 0.25) is 0 Å². The molecule has 2 bridgehead atoms. The molecule has 4 heterocycles. The Morgan fingerprint density at radius 3 is 2.52 bits per heavy atom. The minimum atomic E-state index is -0.104. The van der Waals surface area contributed by atoms with E-state index in [1.54, 1.807) is 36.1 Å². The van der Waals surface area contributed by atoms with E-state index in [9.17, 15) is 9.59 Å². The largest absolute Gasteiger partial charge is 0.343 e. The van der Waals surface area contributed by atoms with Gasteiger partial charge in [0.25, 0.3) is 11.8 Å². The highest BCUT2D eigenvalue weighted by molar-refractivity contribution is 5.95. The number of hydrogen-bond donors (Lipinski definition) is 0. The zero-order valence-corrected chi connectivity index (χ0v) is 18.0. The van der Waals surface area contributed by atoms with E-state index in [0.717, 1.165) is 29.9 Å². The predicted octanol–water partition coefficient (Wildman–Crippen LogP) is 2.21. The van der Waals surface area contributed by atoms with Gasteiger partial charge in [-0.1, -0.05) is 30.3 Å². The van der Waals surface area contributed by atoms with Crippen LogP contribution in [0.2, 0.25) is 0 Å². The summed E-state index contributed by atoms with van der Waals surface area (Å²) in [5, 5.41) is 0. The molecule has 0 spiro atoms. The summed E-state index contributed by atoms with van der Waals surface area (Å²) >= 11 is 0. The van der Waals surface area contributed by atoms with Crippen molar-refractivity contribution in [3.05, 3.63) is 59.9 Å². The molecular weight excluding hydrogens is 392 g/mol. The van der Waals surface area contributed by atoms with Crippen LogP contribution in [-0.2, 0) is 20.0 Å². The van der Waals surface area contributed by atoms with E-state index >= 15 is 0 Å². The van der Waals surface area contributed by atoms with Crippen LogP contribution in [0.25, 0.3) is 11.4 Å². The Morgan fingerprint density at radius 2 is 1.84 bits per heavy atom. The van der Waals surface area contributed by atoms with Crippen LogP contribution in [-0.4, -0.2) is 66.9 Å². The number of carbonyl (C=O) groups excluding carboxylic acids is 2. The van der Waals surface area contributed by atoms with Gasteiger partial charge in [-0.05, 0) is 12.8 Å². The van der Waals surface area contributed by atoms with Crippen molar-refractivity contribution in [2.45, 2.75) is 37.9 Å². The average Bonchev–Trinajstić information content (AvgIpc) is 3.42. The van der Waals surface area contributed by atoms with E-state index in [4.69, 9.17) is 4.98 Å². The van der Waals surface area contributed by atoms with Crippen LogP contribution < -0.4 is 0 Å². The summed E-state index contributed by atoms with van der Waals surface area (Å²) in [5.41, 5.74) is 2.98. The summed E-state index contributed by atoms with van der Waals surface area (Å²) < 4.78 is 3.93. The third-order valence-electron chi connectivity index (χ3n) is 6.43. The molecule has 1 fully saturated rings. The van der Waals surface area contributed by atoms with Gasteiger partial charge in [0.15, 0.2) is 0 Å². The number of aromatic nitrogens is 4. The zero-order chi connectivity index (χ0) is 21.7. The molecule has 2 aromatic heterocycles. The highest BCUT2D eigenvalue weighted by atomic mass is 16.2. The fraction of sp³-hybridized carbons (Fsp3) is 0.391. The van der Waals surface area contributed by atoms with Gasteiger partial charge in [0, 0.05) is 45.7 Å². The van der Waals surface area contributed by atoms with E-state index in [0.29, 0.717) is 24.4 Å². The van der Waals surface area contributed by atoms with Gasteiger partial charge in [-0.15, -0.1) is 0 Å². The molecule has 2 amide bonds. The van der Waals surface area contributed by atoms with Crippen molar-refractivity contribution < 1.29 is 9.59 Å². The molecule has 0 radical (unpaired) electrons. The molecule has 3 aromatic rings. The molecule has 2 atom stereocenters. The topological polar surface area (TPSA) is 76.3 Å². The molecule has 8 nitrogen and oxygen atoms in total. The Bertz CT molecular complexity index is 1150. The molecule has 8 heteroatoms. The molecule has 0 saturated carbocycles. The number of amides is 2. The first-order valence-corrected chi connectivity index (χ1v) is 10.6. The maximum Gasteiger partial charge on any atom is 0.273 e. The Kier molecular flexibility index (Phi) is 4.64. The minimum Gasteiger partial charge on any atom is -0.343 e. The van der Waals surface area contributed by atoms with E-state index in [2.05, 4.69) is 9.55 Å². The summed E-state index contributed by atoms with van der Waals surface area (Å²) in [6.07, 6.45) is 5.77. The average molecular weight is 419 g/mol. The van der Waals surface area contributed by atoms with Crippen molar-refractivity contribution in [2.24, 2.45) is 7.05 Å². The van der Waals surface area contributed by atoms with Gasteiger partial charge in [-0.3, -0.25) is 9.59 Å². The summed E-state index contributed by atoms with van der Waals surface area (Å²) in [6, 6.07) is 10.1. The van der Waals surface area contributed by atoms with Crippen molar-refractivity contribution >= 4 is 11.8 Å². The second-order valence-corrected chi connectivity index (χ2v) is 8.60. The second-order valence-electron chi connectivity index (χ2n) is 8.60. The number of imidazole rings is 2. The SMILES string of the molecule is CN(C)C(=O)c1nc(-c2ccccc2)n2c1C[C@@H]1CC[C@H](C2)N1C(=O)c1cncn1C. The Labute approximate surface area is 181 Å². The van der Waals surface area contributed by atoms with Crippen molar-refractivity contribution in [1.82, 2.24) is 28.9 Å². The van der Waals surface area contributed by atoms with Crippen molar-refractivity contribution in [3.63, 3.8) is 0 Å². The van der Waals surface area contributed by atoms with E-state index in [1.807, 2.05) is 42.3 Å². The molecule has 0 unspecified atom stereocenters. The van der Waals surface area contributed by atoms with E-state index < -0.39 is 0 Å². The summed E-state index contributed by atoms with van der Waals surface area (Å²) in [6.45, 7) is 0.632. The maximum absolute atomic E-state index is 13.4. The molecule has 0 N–H and O–H groups in total. The van der Waals surface area contributed by atoms with Crippen LogP contribution >= 0.6 is 0 Å². The van der Waals surface area contributed by atoms with Gasteiger partial charge < -0.3 is 18.9 Å². The lowest BCUT2D eigenvalue weighted by Crippen LogP contribution is -2.42. The summed E-state index contributed by atoms with van der Waals surface area (Å²) in [7, 11) is 5.34. The molecule has 1 aromatic carbocycles. The number of aryl methyl sites for hydroxylation is 1. The van der Waals surface area contributed by atoms with E-state index in [1.165, 1.54) is 0 Å². The fourth-order valence-electron chi connectivity index (χ4n) is 4.88. The number of hydrogen-bond acceptors (Lipinski definition) is 4. The van der Waals surface area contributed by atoms with Gasteiger partial charge in [0.1, 0.15) is 17.2 Å². The first kappa shape index (κ1) is 19.5.